The number of hydrogen-bond acceptors (Lipinski definition) is 4. The molecule has 0 heterocycles. The predicted molar refractivity (Wildman–Crippen MR) is 122 cm³/mol. The molecule has 32 heavy (non-hydrogen) atoms. The Balaban J connectivity index is 1.66. The second-order valence-corrected chi connectivity index (χ2v) is 7.45. The number of hydrogen-bond donors (Lipinski definition) is 3. The van der Waals surface area contributed by atoms with Gasteiger partial charge < -0.3 is 20.1 Å². The molecule has 4 aromatic rings. The molecule has 0 unspecified atom stereocenters. The molecule has 3 N–H and O–H groups in total. The monoisotopic (exact) mass is 430 g/mol. The summed E-state index contributed by atoms with van der Waals surface area (Å²) in [5.41, 5.74) is 4.91. The van der Waals surface area contributed by atoms with Crippen molar-refractivity contribution in [1.29, 1.82) is 0 Å². The van der Waals surface area contributed by atoms with Gasteiger partial charge in [-0.15, -0.1) is 0 Å². The zero-order chi connectivity index (χ0) is 22.5. The second-order valence-electron chi connectivity index (χ2n) is 7.45. The minimum atomic E-state index is -0.504. The first kappa shape index (κ1) is 21.6. The first-order chi connectivity index (χ1) is 15.6. The van der Waals surface area contributed by atoms with Gasteiger partial charge >= 0.3 is 0 Å². The molecule has 0 aromatic heterocycles. The number of aliphatic hydroxyl groups is 2. The summed E-state index contributed by atoms with van der Waals surface area (Å²) in [6, 6.07) is 24.3. The average Bonchev–Trinajstić information content (AvgIpc) is 2.83. The third-order valence-corrected chi connectivity index (χ3v) is 5.33. The maximum Gasteiger partial charge on any atom is 0.165 e. The number of phenolic OH excluding ortho intramolecular Hbond substituents is 1. The third kappa shape index (κ3) is 4.64. The standard InChI is InChI=1S/C27H23FO4/c28-26-14-20(8-11-27(26)32-17-18-4-2-1-3-5-18)25-13-21(15-29)24(12-22(25)16-30)19-6-9-23(31)10-7-19/h1-14,29-31H,15-17H2. The number of benzene rings is 4. The summed E-state index contributed by atoms with van der Waals surface area (Å²) in [5, 5.41) is 29.5. The molecule has 0 aliphatic heterocycles. The van der Waals surface area contributed by atoms with E-state index in [9.17, 15) is 19.7 Å². The van der Waals surface area contributed by atoms with Gasteiger partial charge in [0.15, 0.2) is 11.6 Å². The summed E-state index contributed by atoms with van der Waals surface area (Å²) in [5.74, 6) is -0.218. The number of aromatic hydroxyl groups is 1. The lowest BCUT2D eigenvalue weighted by Gasteiger charge is -2.16. The van der Waals surface area contributed by atoms with Crippen LogP contribution in [0.3, 0.4) is 0 Å². The van der Waals surface area contributed by atoms with Gasteiger partial charge in [-0.25, -0.2) is 4.39 Å². The van der Waals surface area contributed by atoms with E-state index in [1.165, 1.54) is 6.07 Å². The van der Waals surface area contributed by atoms with E-state index in [2.05, 4.69) is 0 Å². The molecule has 5 heteroatoms. The van der Waals surface area contributed by atoms with Gasteiger partial charge in [0.1, 0.15) is 12.4 Å². The SMILES string of the molecule is OCc1cc(-c2ccc(OCc3ccccc3)c(F)c2)c(CO)cc1-c1ccc(O)cc1. The van der Waals surface area contributed by atoms with Crippen molar-refractivity contribution >= 4 is 0 Å². The van der Waals surface area contributed by atoms with Crippen LogP contribution in [-0.2, 0) is 19.8 Å². The highest BCUT2D eigenvalue weighted by molar-refractivity contribution is 5.77. The molecule has 0 aliphatic carbocycles. The largest absolute Gasteiger partial charge is 0.508 e. The van der Waals surface area contributed by atoms with Crippen molar-refractivity contribution in [3.8, 4) is 33.8 Å². The lowest BCUT2D eigenvalue weighted by molar-refractivity contribution is 0.279. The molecule has 162 valence electrons. The predicted octanol–water partition coefficient (Wildman–Crippen LogP) is 5.43. The summed E-state index contributed by atoms with van der Waals surface area (Å²) >= 11 is 0. The number of ether oxygens (including phenoxy) is 1. The Hall–Kier alpha value is -3.67. The Morgan fingerprint density at radius 2 is 1.28 bits per heavy atom. The summed E-state index contributed by atoms with van der Waals surface area (Å²) < 4.78 is 20.4. The third-order valence-electron chi connectivity index (χ3n) is 5.33. The van der Waals surface area contributed by atoms with Gasteiger partial charge in [-0.05, 0) is 75.3 Å². The fourth-order valence-corrected chi connectivity index (χ4v) is 3.65. The minimum absolute atomic E-state index is 0.142. The van der Waals surface area contributed by atoms with E-state index in [0.717, 1.165) is 16.7 Å². The summed E-state index contributed by atoms with van der Waals surface area (Å²) in [6.07, 6.45) is 0. The molecule has 4 nitrogen and oxygen atoms in total. The van der Waals surface area contributed by atoms with E-state index in [4.69, 9.17) is 4.74 Å². The molecule has 0 bridgehead atoms. The Kier molecular flexibility index (Phi) is 6.50. The molecule has 0 fully saturated rings. The molecular formula is C27H23FO4. The lowest BCUT2D eigenvalue weighted by atomic mass is 9.91. The van der Waals surface area contributed by atoms with E-state index in [1.54, 1.807) is 48.5 Å². The Bertz CT molecular complexity index is 1200. The maximum absolute atomic E-state index is 14.8. The lowest BCUT2D eigenvalue weighted by Crippen LogP contribution is -1.99. The van der Waals surface area contributed by atoms with Crippen LogP contribution in [0.15, 0.2) is 84.9 Å². The van der Waals surface area contributed by atoms with Gasteiger partial charge in [-0.3, -0.25) is 0 Å². The Morgan fingerprint density at radius 3 is 1.88 bits per heavy atom. The van der Waals surface area contributed by atoms with Crippen molar-refractivity contribution in [3.05, 3.63) is 107 Å². The quantitative estimate of drug-likeness (QED) is 0.366. The highest BCUT2D eigenvalue weighted by atomic mass is 19.1. The fraction of sp³-hybridized carbons (Fsp3) is 0.111. The molecule has 0 spiro atoms. The fourth-order valence-electron chi connectivity index (χ4n) is 3.65. The van der Waals surface area contributed by atoms with Crippen LogP contribution in [0.4, 0.5) is 4.39 Å². The van der Waals surface area contributed by atoms with Crippen molar-refractivity contribution in [2.45, 2.75) is 19.8 Å². The van der Waals surface area contributed by atoms with E-state index >= 15 is 0 Å². The summed E-state index contributed by atoms with van der Waals surface area (Å²) in [4.78, 5) is 0. The van der Waals surface area contributed by atoms with Crippen LogP contribution in [-0.4, -0.2) is 15.3 Å². The smallest absolute Gasteiger partial charge is 0.165 e. The molecule has 0 amide bonds. The number of halogens is 1. The number of rotatable bonds is 7. The van der Waals surface area contributed by atoms with Crippen LogP contribution in [0, 0.1) is 5.82 Å². The van der Waals surface area contributed by atoms with Crippen LogP contribution in [0.5, 0.6) is 11.5 Å². The van der Waals surface area contributed by atoms with Crippen molar-refractivity contribution < 1.29 is 24.4 Å². The van der Waals surface area contributed by atoms with Gasteiger partial charge in [0, 0.05) is 0 Å². The Morgan fingerprint density at radius 1 is 0.688 bits per heavy atom. The van der Waals surface area contributed by atoms with Crippen LogP contribution in [0.25, 0.3) is 22.3 Å². The molecule has 4 aromatic carbocycles. The van der Waals surface area contributed by atoms with Crippen molar-refractivity contribution in [2.24, 2.45) is 0 Å². The van der Waals surface area contributed by atoms with Crippen molar-refractivity contribution in [3.63, 3.8) is 0 Å². The molecule has 0 saturated heterocycles. The molecule has 0 aliphatic rings. The average molecular weight is 430 g/mol. The van der Waals surface area contributed by atoms with E-state index < -0.39 is 5.82 Å². The molecule has 4 rings (SSSR count). The van der Waals surface area contributed by atoms with Crippen LogP contribution in [0.1, 0.15) is 16.7 Å². The molecular weight excluding hydrogens is 407 g/mol. The summed E-state index contributed by atoms with van der Waals surface area (Å²) in [6.45, 7) is -0.218. The zero-order valence-electron chi connectivity index (χ0n) is 17.3. The van der Waals surface area contributed by atoms with Crippen LogP contribution >= 0.6 is 0 Å². The number of phenols is 1. The normalized spacial score (nSPS) is 10.8. The molecule has 0 saturated carbocycles. The van der Waals surface area contributed by atoms with Gasteiger partial charge in [-0.1, -0.05) is 48.5 Å². The van der Waals surface area contributed by atoms with Crippen LogP contribution < -0.4 is 4.74 Å². The number of aliphatic hydroxyl groups excluding tert-OH is 2. The first-order valence-electron chi connectivity index (χ1n) is 10.2. The highest BCUT2D eigenvalue weighted by Gasteiger charge is 2.14. The topological polar surface area (TPSA) is 69.9 Å². The summed E-state index contributed by atoms with van der Waals surface area (Å²) in [7, 11) is 0. The van der Waals surface area contributed by atoms with Gasteiger partial charge in [-0.2, -0.15) is 0 Å². The van der Waals surface area contributed by atoms with Gasteiger partial charge in [0.25, 0.3) is 0 Å². The van der Waals surface area contributed by atoms with E-state index in [0.29, 0.717) is 22.3 Å². The van der Waals surface area contributed by atoms with Gasteiger partial charge in [0.2, 0.25) is 0 Å². The van der Waals surface area contributed by atoms with E-state index in [1.807, 2.05) is 30.3 Å². The maximum atomic E-state index is 14.8. The van der Waals surface area contributed by atoms with Crippen molar-refractivity contribution in [1.82, 2.24) is 0 Å². The second kappa shape index (κ2) is 9.64. The Labute approximate surface area is 185 Å². The minimum Gasteiger partial charge on any atom is -0.508 e. The molecule has 0 atom stereocenters. The van der Waals surface area contributed by atoms with E-state index in [-0.39, 0.29) is 31.3 Å². The first-order valence-corrected chi connectivity index (χ1v) is 10.2. The van der Waals surface area contributed by atoms with Crippen molar-refractivity contribution in [2.75, 3.05) is 0 Å². The van der Waals surface area contributed by atoms with Crippen LogP contribution in [0.2, 0.25) is 0 Å². The van der Waals surface area contributed by atoms with Gasteiger partial charge in [0.05, 0.1) is 13.2 Å². The zero-order valence-corrected chi connectivity index (χ0v) is 17.3. The highest BCUT2D eigenvalue weighted by Crippen LogP contribution is 2.35. The molecule has 0 radical (unpaired) electrons.